The molecule has 2 rings (SSSR count). The van der Waals surface area contributed by atoms with E-state index >= 15 is 0 Å². The van der Waals surface area contributed by atoms with Crippen LogP contribution in [0.3, 0.4) is 0 Å². The van der Waals surface area contributed by atoms with Crippen molar-refractivity contribution < 1.29 is 13.9 Å². The molecule has 0 aromatic carbocycles. The third-order valence-corrected chi connectivity index (χ3v) is 4.16. The van der Waals surface area contributed by atoms with Gasteiger partial charge >= 0.3 is 0 Å². The van der Waals surface area contributed by atoms with Crippen LogP contribution in [0.15, 0.2) is 18.3 Å². The quantitative estimate of drug-likeness (QED) is 0.887. The van der Waals surface area contributed by atoms with E-state index in [9.17, 15) is 13.9 Å². The molecule has 1 fully saturated rings. The summed E-state index contributed by atoms with van der Waals surface area (Å²) in [4.78, 5) is 4.19. The second-order valence-electron chi connectivity index (χ2n) is 5.49. The Kier molecular flexibility index (Phi) is 3.87. The molecule has 0 bridgehead atoms. The van der Waals surface area contributed by atoms with E-state index in [2.05, 4.69) is 4.98 Å². The highest BCUT2D eigenvalue weighted by Crippen LogP contribution is 2.44. The van der Waals surface area contributed by atoms with Gasteiger partial charge in [0.2, 0.25) is 5.92 Å². The van der Waals surface area contributed by atoms with Gasteiger partial charge in [-0.15, -0.1) is 0 Å². The third kappa shape index (κ3) is 2.92. The summed E-state index contributed by atoms with van der Waals surface area (Å²) in [5.41, 5.74) is 6.92. The van der Waals surface area contributed by atoms with Gasteiger partial charge in [-0.25, -0.2) is 8.78 Å². The summed E-state index contributed by atoms with van der Waals surface area (Å²) >= 11 is 0. The van der Waals surface area contributed by atoms with Gasteiger partial charge in [0.05, 0.1) is 11.8 Å². The van der Waals surface area contributed by atoms with Crippen LogP contribution in [0.1, 0.15) is 50.0 Å². The largest absolute Gasteiger partial charge is 0.387 e. The minimum absolute atomic E-state index is 0.123. The smallest absolute Gasteiger partial charge is 0.248 e. The van der Waals surface area contributed by atoms with Crippen LogP contribution < -0.4 is 5.73 Å². The first-order valence-corrected chi connectivity index (χ1v) is 6.61. The predicted molar refractivity (Wildman–Crippen MR) is 69.0 cm³/mol. The van der Waals surface area contributed by atoms with Gasteiger partial charge in [-0.1, -0.05) is 6.07 Å². The summed E-state index contributed by atoms with van der Waals surface area (Å²) < 4.78 is 26.6. The molecular formula is C14H20F2N2O. The fraction of sp³-hybridized carbons (Fsp3) is 0.643. The number of halogens is 2. The van der Waals surface area contributed by atoms with Crippen molar-refractivity contribution in [3.05, 3.63) is 29.6 Å². The van der Waals surface area contributed by atoms with Crippen molar-refractivity contribution >= 4 is 0 Å². The van der Waals surface area contributed by atoms with E-state index in [1.807, 2.05) is 6.07 Å². The molecule has 1 unspecified atom stereocenters. The lowest BCUT2D eigenvalue weighted by Gasteiger charge is -2.39. The molecule has 19 heavy (non-hydrogen) atoms. The molecule has 1 aliphatic rings. The average Bonchev–Trinajstić information content (AvgIpc) is 2.40. The Bertz CT molecular complexity index is 422. The molecule has 3 nitrogen and oxygen atoms in total. The number of pyridine rings is 1. The zero-order chi connectivity index (χ0) is 14.1. The number of hydrogen-bond donors (Lipinski definition) is 2. The number of hydrogen-bond acceptors (Lipinski definition) is 3. The van der Waals surface area contributed by atoms with Gasteiger partial charge in [-0.3, -0.25) is 4.98 Å². The summed E-state index contributed by atoms with van der Waals surface area (Å²) in [5.74, 6) is -2.56. The molecule has 3 N–H and O–H groups in total. The SMILES string of the molecule is CC(O)c1ccc(C2(CN)CCC(F)(F)CC2)cn1. The van der Waals surface area contributed by atoms with Gasteiger partial charge < -0.3 is 10.8 Å². The second-order valence-corrected chi connectivity index (χ2v) is 5.49. The van der Waals surface area contributed by atoms with Gasteiger partial charge in [-0.2, -0.15) is 0 Å². The molecule has 1 atom stereocenters. The van der Waals surface area contributed by atoms with Crippen LogP contribution in [0.25, 0.3) is 0 Å². The van der Waals surface area contributed by atoms with Crippen LogP contribution in [-0.4, -0.2) is 22.6 Å². The molecule has 0 spiro atoms. The van der Waals surface area contributed by atoms with Crippen molar-refractivity contribution in [2.45, 2.75) is 50.0 Å². The summed E-state index contributed by atoms with van der Waals surface area (Å²) in [7, 11) is 0. The number of rotatable bonds is 3. The Morgan fingerprint density at radius 1 is 1.32 bits per heavy atom. The number of aromatic nitrogens is 1. The van der Waals surface area contributed by atoms with E-state index in [1.54, 1.807) is 19.2 Å². The minimum Gasteiger partial charge on any atom is -0.387 e. The maximum absolute atomic E-state index is 13.3. The third-order valence-electron chi connectivity index (χ3n) is 4.16. The Morgan fingerprint density at radius 2 is 1.95 bits per heavy atom. The minimum atomic E-state index is -2.56. The molecule has 106 valence electrons. The van der Waals surface area contributed by atoms with Gasteiger partial charge in [0, 0.05) is 31.0 Å². The molecular weight excluding hydrogens is 250 g/mol. The van der Waals surface area contributed by atoms with E-state index in [4.69, 9.17) is 5.73 Å². The standard InChI is InChI=1S/C14H20F2N2O/c1-10(19)12-3-2-11(8-18-12)13(9-17)4-6-14(15,16)7-5-13/h2-3,8,10,19H,4-7,9,17H2,1H3. The summed E-state index contributed by atoms with van der Waals surface area (Å²) in [6.07, 6.45) is 1.56. The predicted octanol–water partition coefficient (Wildman–Crippen LogP) is 2.54. The summed E-state index contributed by atoms with van der Waals surface area (Å²) in [6.45, 7) is 1.99. The van der Waals surface area contributed by atoms with E-state index < -0.39 is 17.4 Å². The van der Waals surface area contributed by atoms with Crippen LogP contribution in [0.4, 0.5) is 8.78 Å². The summed E-state index contributed by atoms with van der Waals surface area (Å²) in [5, 5.41) is 9.43. The van der Waals surface area contributed by atoms with Crippen molar-refractivity contribution in [3.63, 3.8) is 0 Å². The molecule has 0 aliphatic heterocycles. The number of nitrogens with two attached hydrogens (primary N) is 1. The topological polar surface area (TPSA) is 59.1 Å². The zero-order valence-corrected chi connectivity index (χ0v) is 11.1. The van der Waals surface area contributed by atoms with Crippen molar-refractivity contribution in [3.8, 4) is 0 Å². The summed E-state index contributed by atoms with van der Waals surface area (Å²) in [6, 6.07) is 3.59. The van der Waals surface area contributed by atoms with Crippen LogP contribution in [-0.2, 0) is 5.41 Å². The van der Waals surface area contributed by atoms with Crippen LogP contribution in [0.2, 0.25) is 0 Å². The second kappa shape index (κ2) is 5.13. The lowest BCUT2D eigenvalue weighted by Crippen LogP contribution is -2.42. The van der Waals surface area contributed by atoms with Crippen LogP contribution in [0, 0.1) is 0 Å². The first-order chi connectivity index (χ1) is 8.88. The first-order valence-electron chi connectivity index (χ1n) is 6.61. The highest BCUT2D eigenvalue weighted by atomic mass is 19.3. The molecule has 0 saturated heterocycles. The highest BCUT2D eigenvalue weighted by molar-refractivity contribution is 5.26. The molecule has 1 heterocycles. The number of aliphatic hydroxyl groups is 1. The van der Waals surface area contributed by atoms with Crippen molar-refractivity contribution in [2.24, 2.45) is 5.73 Å². The van der Waals surface area contributed by atoms with Gasteiger partial charge in [0.1, 0.15) is 0 Å². The van der Waals surface area contributed by atoms with Gasteiger partial charge in [-0.05, 0) is 31.4 Å². The fourth-order valence-corrected chi connectivity index (χ4v) is 2.67. The fourth-order valence-electron chi connectivity index (χ4n) is 2.67. The number of alkyl halides is 2. The highest BCUT2D eigenvalue weighted by Gasteiger charge is 2.43. The maximum Gasteiger partial charge on any atom is 0.248 e. The molecule has 1 aromatic heterocycles. The molecule has 1 saturated carbocycles. The average molecular weight is 270 g/mol. The molecule has 1 aliphatic carbocycles. The Hall–Kier alpha value is -1.07. The Labute approximate surface area is 111 Å². The zero-order valence-electron chi connectivity index (χ0n) is 11.1. The first kappa shape index (κ1) is 14.3. The molecule has 1 aromatic rings. The van der Waals surface area contributed by atoms with Crippen LogP contribution >= 0.6 is 0 Å². The molecule has 0 radical (unpaired) electrons. The van der Waals surface area contributed by atoms with Gasteiger partial charge in [0.25, 0.3) is 0 Å². The number of nitrogens with zero attached hydrogens (tertiary/aromatic N) is 1. The Morgan fingerprint density at radius 3 is 2.37 bits per heavy atom. The normalized spacial score (nSPS) is 23.0. The lowest BCUT2D eigenvalue weighted by atomic mass is 9.69. The van der Waals surface area contributed by atoms with E-state index in [-0.39, 0.29) is 12.8 Å². The van der Waals surface area contributed by atoms with E-state index in [0.717, 1.165) is 5.56 Å². The Balaban J connectivity index is 2.22. The van der Waals surface area contributed by atoms with Crippen molar-refractivity contribution in [1.82, 2.24) is 4.98 Å². The lowest BCUT2D eigenvalue weighted by molar-refractivity contribution is -0.0509. The molecule has 5 heteroatoms. The molecule has 0 amide bonds. The van der Waals surface area contributed by atoms with Crippen molar-refractivity contribution in [1.29, 1.82) is 0 Å². The van der Waals surface area contributed by atoms with E-state index in [1.165, 1.54) is 0 Å². The van der Waals surface area contributed by atoms with Crippen molar-refractivity contribution in [2.75, 3.05) is 6.54 Å². The van der Waals surface area contributed by atoms with Crippen LogP contribution in [0.5, 0.6) is 0 Å². The number of aliphatic hydroxyl groups excluding tert-OH is 1. The monoisotopic (exact) mass is 270 g/mol. The van der Waals surface area contributed by atoms with E-state index in [0.29, 0.717) is 25.1 Å². The maximum atomic E-state index is 13.3. The van der Waals surface area contributed by atoms with Gasteiger partial charge in [0.15, 0.2) is 0 Å².